The molecule has 0 aliphatic heterocycles. The number of aromatic nitrogens is 2. The van der Waals surface area contributed by atoms with Gasteiger partial charge in [0.2, 0.25) is 0 Å². The van der Waals surface area contributed by atoms with Gasteiger partial charge in [0.25, 0.3) is 0 Å². The molecule has 2 N–H and O–H groups in total. The quantitative estimate of drug-likeness (QED) is 0.895. The molecule has 1 aromatic heterocycles. The summed E-state index contributed by atoms with van der Waals surface area (Å²) >= 11 is 0. The summed E-state index contributed by atoms with van der Waals surface area (Å²) in [7, 11) is 1.52. The summed E-state index contributed by atoms with van der Waals surface area (Å²) in [5.74, 6) is 0.444. The van der Waals surface area contributed by atoms with Crippen molar-refractivity contribution in [1.82, 2.24) is 9.97 Å². The van der Waals surface area contributed by atoms with Gasteiger partial charge in [-0.2, -0.15) is 0 Å². The molecule has 0 aliphatic carbocycles. The highest BCUT2D eigenvalue weighted by Crippen LogP contribution is 2.30. The first-order valence-electron chi connectivity index (χ1n) is 5.25. The maximum absolute atomic E-state index is 12.7. The Morgan fingerprint density at radius 1 is 1.22 bits per heavy atom. The molecule has 0 saturated heterocycles. The maximum Gasteiger partial charge on any atom is 0.322 e. The summed E-state index contributed by atoms with van der Waals surface area (Å²) in [5.41, 5.74) is 6.45. The number of rotatable bonds is 4. The van der Waals surface area contributed by atoms with Gasteiger partial charge in [0, 0.05) is 6.54 Å². The van der Waals surface area contributed by atoms with Gasteiger partial charge in [-0.3, -0.25) is 0 Å². The highest BCUT2D eigenvalue weighted by atomic mass is 19.1. The van der Waals surface area contributed by atoms with Gasteiger partial charge in [-0.25, -0.2) is 14.4 Å². The van der Waals surface area contributed by atoms with Crippen molar-refractivity contribution >= 4 is 0 Å². The molecule has 0 bridgehead atoms. The smallest absolute Gasteiger partial charge is 0.322 e. The zero-order valence-electron chi connectivity index (χ0n) is 9.76. The van der Waals surface area contributed by atoms with Crippen LogP contribution in [0.5, 0.6) is 17.5 Å². The molecule has 18 heavy (non-hydrogen) atoms. The molecule has 94 valence electrons. The number of halogens is 1. The summed E-state index contributed by atoms with van der Waals surface area (Å²) in [5, 5.41) is 0. The van der Waals surface area contributed by atoms with Gasteiger partial charge in [0.15, 0.2) is 17.3 Å². The van der Waals surface area contributed by atoms with Crippen LogP contribution in [0.4, 0.5) is 4.39 Å². The summed E-state index contributed by atoms with van der Waals surface area (Å²) in [6.07, 6.45) is 2.06. The van der Waals surface area contributed by atoms with Crippen LogP contribution in [0.2, 0.25) is 0 Å². The van der Waals surface area contributed by atoms with Gasteiger partial charge in [0.1, 0.15) is 0 Å². The second-order valence-corrected chi connectivity index (χ2v) is 3.48. The third-order valence-electron chi connectivity index (χ3n) is 2.26. The van der Waals surface area contributed by atoms with E-state index in [1.54, 1.807) is 18.2 Å². The summed E-state index contributed by atoms with van der Waals surface area (Å²) < 4.78 is 23.2. The van der Waals surface area contributed by atoms with Crippen molar-refractivity contribution in [2.45, 2.75) is 6.54 Å². The molecule has 5 nitrogen and oxygen atoms in total. The van der Waals surface area contributed by atoms with Crippen molar-refractivity contribution in [2.24, 2.45) is 5.73 Å². The molecule has 0 saturated carbocycles. The number of benzene rings is 1. The third-order valence-corrected chi connectivity index (χ3v) is 2.26. The highest BCUT2D eigenvalue weighted by molar-refractivity contribution is 5.44. The average molecular weight is 249 g/mol. The van der Waals surface area contributed by atoms with E-state index >= 15 is 0 Å². The molecule has 0 unspecified atom stereocenters. The lowest BCUT2D eigenvalue weighted by molar-refractivity contribution is 0.366. The molecule has 0 radical (unpaired) electrons. The normalized spacial score (nSPS) is 10.2. The fourth-order valence-electron chi connectivity index (χ4n) is 1.37. The highest BCUT2D eigenvalue weighted by Gasteiger charge is 2.08. The number of ether oxygens (including phenoxy) is 2. The first kappa shape index (κ1) is 12.3. The van der Waals surface area contributed by atoms with Crippen LogP contribution < -0.4 is 15.2 Å². The minimum atomic E-state index is -0.521. The molecule has 6 heteroatoms. The van der Waals surface area contributed by atoms with Gasteiger partial charge in [-0.05, 0) is 17.7 Å². The van der Waals surface area contributed by atoms with Crippen LogP contribution in [0.3, 0.4) is 0 Å². The van der Waals surface area contributed by atoms with E-state index in [0.717, 1.165) is 18.0 Å². The van der Waals surface area contributed by atoms with Gasteiger partial charge < -0.3 is 15.2 Å². The maximum atomic E-state index is 12.7. The number of nitrogens with two attached hydrogens (primary N) is 1. The van der Waals surface area contributed by atoms with Crippen LogP contribution in [-0.4, -0.2) is 17.1 Å². The standard InChI is InChI=1S/C12H12FN3O2/c1-17-11-4-8(5-14)2-3-10(11)18-12-15-6-9(13)7-16-12/h2-4,6-7H,5,14H2,1H3. The van der Waals surface area contributed by atoms with Crippen molar-refractivity contribution < 1.29 is 13.9 Å². The first-order chi connectivity index (χ1) is 8.72. The molecule has 0 aliphatic rings. The molecule has 0 amide bonds. The molecule has 2 rings (SSSR count). The van der Waals surface area contributed by atoms with E-state index in [1.807, 2.05) is 0 Å². The second-order valence-electron chi connectivity index (χ2n) is 3.48. The lowest BCUT2D eigenvalue weighted by atomic mass is 10.2. The number of methoxy groups -OCH3 is 1. The molecular formula is C12H12FN3O2. The molecular weight excluding hydrogens is 237 g/mol. The Hall–Kier alpha value is -2.21. The topological polar surface area (TPSA) is 70.3 Å². The molecule has 0 fully saturated rings. The Morgan fingerprint density at radius 2 is 1.94 bits per heavy atom. The van der Waals surface area contributed by atoms with Crippen LogP contribution in [0.15, 0.2) is 30.6 Å². The van der Waals surface area contributed by atoms with Gasteiger partial charge in [-0.1, -0.05) is 6.07 Å². The Labute approximate surface area is 103 Å². The molecule has 0 atom stereocenters. The average Bonchev–Trinajstić information content (AvgIpc) is 2.41. The zero-order valence-corrected chi connectivity index (χ0v) is 9.76. The molecule has 1 aromatic carbocycles. The minimum absolute atomic E-state index is 0.0511. The van der Waals surface area contributed by atoms with Crippen LogP contribution >= 0.6 is 0 Å². The molecule has 2 aromatic rings. The lowest BCUT2D eigenvalue weighted by Gasteiger charge is -2.09. The fourth-order valence-corrected chi connectivity index (χ4v) is 1.37. The largest absolute Gasteiger partial charge is 0.493 e. The van der Waals surface area contributed by atoms with Gasteiger partial charge >= 0.3 is 6.01 Å². The Bertz CT molecular complexity index is 531. The van der Waals surface area contributed by atoms with Crippen LogP contribution in [0.1, 0.15) is 5.56 Å². The van der Waals surface area contributed by atoms with Crippen LogP contribution in [-0.2, 0) is 6.54 Å². The predicted octanol–water partition coefficient (Wildman–Crippen LogP) is 1.88. The Morgan fingerprint density at radius 3 is 2.56 bits per heavy atom. The van der Waals surface area contributed by atoms with Gasteiger partial charge in [-0.15, -0.1) is 0 Å². The third kappa shape index (κ3) is 2.72. The van der Waals surface area contributed by atoms with Crippen molar-refractivity contribution in [3.8, 4) is 17.5 Å². The predicted molar refractivity (Wildman–Crippen MR) is 62.9 cm³/mol. The van der Waals surface area contributed by atoms with E-state index in [1.165, 1.54) is 7.11 Å². The van der Waals surface area contributed by atoms with E-state index in [9.17, 15) is 4.39 Å². The Balaban J connectivity index is 2.25. The number of hydrogen-bond acceptors (Lipinski definition) is 5. The van der Waals surface area contributed by atoms with E-state index in [2.05, 4.69) is 9.97 Å². The SMILES string of the molecule is COc1cc(CN)ccc1Oc1ncc(F)cn1. The summed E-state index contributed by atoms with van der Waals surface area (Å²) in [6.45, 7) is 0.406. The fraction of sp³-hybridized carbons (Fsp3) is 0.167. The first-order valence-corrected chi connectivity index (χ1v) is 5.25. The molecule has 1 heterocycles. The minimum Gasteiger partial charge on any atom is -0.493 e. The van der Waals surface area contributed by atoms with Crippen molar-refractivity contribution in [3.63, 3.8) is 0 Å². The van der Waals surface area contributed by atoms with Gasteiger partial charge in [0.05, 0.1) is 19.5 Å². The van der Waals surface area contributed by atoms with Crippen molar-refractivity contribution in [1.29, 1.82) is 0 Å². The van der Waals surface area contributed by atoms with Crippen molar-refractivity contribution in [2.75, 3.05) is 7.11 Å². The second kappa shape index (κ2) is 5.42. The van der Waals surface area contributed by atoms with Crippen LogP contribution in [0.25, 0.3) is 0 Å². The monoisotopic (exact) mass is 249 g/mol. The van der Waals surface area contributed by atoms with Crippen LogP contribution in [0, 0.1) is 5.82 Å². The number of hydrogen-bond donors (Lipinski definition) is 1. The summed E-state index contributed by atoms with van der Waals surface area (Å²) in [4.78, 5) is 7.41. The number of nitrogens with zero attached hydrogens (tertiary/aromatic N) is 2. The molecule has 0 spiro atoms. The zero-order chi connectivity index (χ0) is 13.0. The van der Waals surface area contributed by atoms with E-state index < -0.39 is 5.82 Å². The van der Waals surface area contributed by atoms with E-state index in [4.69, 9.17) is 15.2 Å². The lowest BCUT2D eigenvalue weighted by Crippen LogP contribution is -1.99. The van der Waals surface area contributed by atoms with E-state index in [0.29, 0.717) is 18.0 Å². The summed E-state index contributed by atoms with van der Waals surface area (Å²) in [6, 6.07) is 5.32. The Kier molecular flexibility index (Phi) is 3.69. The van der Waals surface area contributed by atoms with Crippen molar-refractivity contribution in [3.05, 3.63) is 42.0 Å². The van der Waals surface area contributed by atoms with E-state index in [-0.39, 0.29) is 6.01 Å².